The SMILES string of the molecule is Nc1cc(F)ccc1CS(=O)(=O)[O-]. The van der Waals surface area contributed by atoms with Gasteiger partial charge in [0.25, 0.3) is 0 Å². The Bertz CT molecular complexity index is 416. The molecule has 0 aliphatic carbocycles. The van der Waals surface area contributed by atoms with Crippen molar-refractivity contribution in [3.63, 3.8) is 0 Å². The Morgan fingerprint density at radius 3 is 2.54 bits per heavy atom. The van der Waals surface area contributed by atoms with Crippen molar-refractivity contribution in [3.05, 3.63) is 29.6 Å². The first-order chi connectivity index (χ1) is 5.88. The maximum atomic E-state index is 12.5. The van der Waals surface area contributed by atoms with Gasteiger partial charge in [-0.2, -0.15) is 0 Å². The summed E-state index contributed by atoms with van der Waals surface area (Å²) in [5.74, 6) is -1.27. The van der Waals surface area contributed by atoms with Gasteiger partial charge in [0.05, 0.1) is 15.9 Å². The molecule has 0 saturated heterocycles. The smallest absolute Gasteiger partial charge is 0.125 e. The van der Waals surface area contributed by atoms with Gasteiger partial charge in [-0.25, -0.2) is 12.8 Å². The van der Waals surface area contributed by atoms with Crippen molar-refractivity contribution in [3.8, 4) is 0 Å². The molecule has 1 aromatic rings. The predicted molar refractivity (Wildman–Crippen MR) is 44.2 cm³/mol. The lowest BCUT2D eigenvalue weighted by Crippen LogP contribution is -2.05. The number of nitrogen functional groups attached to an aromatic ring is 1. The minimum Gasteiger partial charge on any atom is -0.748 e. The van der Waals surface area contributed by atoms with Crippen LogP contribution in [-0.2, 0) is 15.9 Å². The maximum absolute atomic E-state index is 12.5. The molecular weight excluding hydrogens is 197 g/mol. The van der Waals surface area contributed by atoms with E-state index in [2.05, 4.69) is 0 Å². The zero-order valence-electron chi connectivity index (χ0n) is 6.53. The molecule has 2 N–H and O–H groups in total. The van der Waals surface area contributed by atoms with Gasteiger partial charge in [0.15, 0.2) is 0 Å². The standard InChI is InChI=1S/C7H8FNO3S/c8-6-2-1-5(7(9)3-6)4-13(10,11)12/h1-3H,4,9H2,(H,10,11,12)/p-1. The van der Waals surface area contributed by atoms with Crippen molar-refractivity contribution in [1.82, 2.24) is 0 Å². The summed E-state index contributed by atoms with van der Waals surface area (Å²) in [4.78, 5) is 0. The van der Waals surface area contributed by atoms with Crippen molar-refractivity contribution in [2.24, 2.45) is 0 Å². The van der Waals surface area contributed by atoms with Gasteiger partial charge in [-0.05, 0) is 17.7 Å². The van der Waals surface area contributed by atoms with Gasteiger partial charge in [0.2, 0.25) is 0 Å². The minimum atomic E-state index is -4.36. The van der Waals surface area contributed by atoms with Crippen molar-refractivity contribution in [1.29, 1.82) is 0 Å². The predicted octanol–water partition coefficient (Wildman–Crippen LogP) is 0.453. The van der Waals surface area contributed by atoms with Crippen LogP contribution in [0.15, 0.2) is 18.2 Å². The highest BCUT2D eigenvalue weighted by Gasteiger charge is 2.04. The van der Waals surface area contributed by atoms with Gasteiger partial charge in [0.1, 0.15) is 5.82 Å². The number of hydrogen-bond acceptors (Lipinski definition) is 4. The molecule has 6 heteroatoms. The second-order valence-corrected chi connectivity index (χ2v) is 3.95. The average Bonchev–Trinajstić information content (AvgIpc) is 1.93. The Balaban J connectivity index is 3.04. The van der Waals surface area contributed by atoms with Crippen LogP contribution in [-0.4, -0.2) is 13.0 Å². The molecule has 0 aliphatic heterocycles. The molecule has 72 valence electrons. The van der Waals surface area contributed by atoms with E-state index in [0.717, 1.165) is 12.1 Å². The van der Waals surface area contributed by atoms with Crippen molar-refractivity contribution < 1.29 is 17.4 Å². The van der Waals surface area contributed by atoms with Crippen molar-refractivity contribution in [2.75, 3.05) is 5.73 Å². The Hall–Kier alpha value is -1.14. The van der Waals surface area contributed by atoms with Gasteiger partial charge in [-0.3, -0.25) is 0 Å². The highest BCUT2D eigenvalue weighted by molar-refractivity contribution is 7.84. The number of rotatable bonds is 2. The van der Waals surface area contributed by atoms with Crippen LogP contribution in [0.3, 0.4) is 0 Å². The van der Waals surface area contributed by atoms with Crippen LogP contribution in [0.5, 0.6) is 0 Å². The summed E-state index contributed by atoms with van der Waals surface area (Å²) in [5, 5.41) is 0. The molecule has 0 spiro atoms. The molecule has 0 unspecified atom stereocenters. The zero-order chi connectivity index (χ0) is 10.1. The first-order valence-electron chi connectivity index (χ1n) is 3.36. The van der Waals surface area contributed by atoms with Crippen LogP contribution in [0.1, 0.15) is 5.56 Å². The number of hydrogen-bond donors (Lipinski definition) is 1. The van der Waals surface area contributed by atoms with Gasteiger partial charge in [-0.1, -0.05) is 6.07 Å². The lowest BCUT2D eigenvalue weighted by Gasteiger charge is -2.08. The van der Waals surface area contributed by atoms with E-state index in [9.17, 15) is 17.4 Å². The van der Waals surface area contributed by atoms with E-state index in [-0.39, 0.29) is 11.3 Å². The second kappa shape index (κ2) is 3.31. The summed E-state index contributed by atoms with van der Waals surface area (Å²) in [5.41, 5.74) is 5.38. The van der Waals surface area contributed by atoms with Crippen LogP contribution in [0.25, 0.3) is 0 Å². The number of halogens is 1. The third-order valence-electron chi connectivity index (χ3n) is 1.44. The summed E-state index contributed by atoms with van der Waals surface area (Å²) in [6.07, 6.45) is 0. The highest BCUT2D eigenvalue weighted by atomic mass is 32.2. The molecule has 0 heterocycles. The summed E-state index contributed by atoms with van der Waals surface area (Å²) < 4.78 is 43.5. The Labute approximate surface area is 74.9 Å². The van der Waals surface area contributed by atoms with E-state index < -0.39 is 21.7 Å². The summed E-state index contributed by atoms with van der Waals surface area (Å²) in [6.45, 7) is 0. The molecule has 1 aromatic carbocycles. The minimum absolute atomic E-state index is 0.0283. The Morgan fingerprint density at radius 1 is 1.46 bits per heavy atom. The van der Waals surface area contributed by atoms with Crippen LogP contribution in [0.2, 0.25) is 0 Å². The summed E-state index contributed by atoms with van der Waals surface area (Å²) in [7, 11) is -4.36. The molecule has 0 bridgehead atoms. The topological polar surface area (TPSA) is 83.2 Å². The van der Waals surface area contributed by atoms with Crippen LogP contribution in [0, 0.1) is 5.82 Å². The zero-order valence-corrected chi connectivity index (χ0v) is 7.34. The second-order valence-electron chi connectivity index (χ2n) is 2.55. The third-order valence-corrected chi connectivity index (χ3v) is 2.10. The van der Waals surface area contributed by atoms with Gasteiger partial charge in [-0.15, -0.1) is 0 Å². The number of nitrogens with two attached hydrogens (primary N) is 1. The molecule has 0 aliphatic rings. The third kappa shape index (κ3) is 3.00. The van der Waals surface area contributed by atoms with E-state index in [0.29, 0.717) is 0 Å². The number of anilines is 1. The van der Waals surface area contributed by atoms with Crippen molar-refractivity contribution in [2.45, 2.75) is 5.75 Å². The highest BCUT2D eigenvalue weighted by Crippen LogP contribution is 2.15. The van der Waals surface area contributed by atoms with Crippen LogP contribution in [0.4, 0.5) is 10.1 Å². The fourth-order valence-electron chi connectivity index (χ4n) is 0.888. The van der Waals surface area contributed by atoms with Gasteiger partial charge < -0.3 is 10.3 Å². The average molecular weight is 204 g/mol. The first-order valence-corrected chi connectivity index (χ1v) is 4.94. The molecule has 4 nitrogen and oxygen atoms in total. The first kappa shape index (κ1) is 9.94. The van der Waals surface area contributed by atoms with E-state index in [1.807, 2.05) is 0 Å². The molecule has 0 fully saturated rings. The normalized spacial score (nSPS) is 11.5. The van der Waals surface area contributed by atoms with Crippen molar-refractivity contribution >= 4 is 15.8 Å². The van der Waals surface area contributed by atoms with E-state index >= 15 is 0 Å². The Morgan fingerprint density at radius 2 is 2.08 bits per heavy atom. The lowest BCUT2D eigenvalue weighted by molar-refractivity contribution is 0.462. The van der Waals surface area contributed by atoms with Crippen LogP contribution < -0.4 is 5.73 Å². The quantitative estimate of drug-likeness (QED) is 0.560. The van der Waals surface area contributed by atoms with Gasteiger partial charge in [0, 0.05) is 5.69 Å². The van der Waals surface area contributed by atoms with E-state index in [1.54, 1.807) is 0 Å². The monoisotopic (exact) mass is 204 g/mol. The molecule has 13 heavy (non-hydrogen) atoms. The molecule has 0 amide bonds. The lowest BCUT2D eigenvalue weighted by atomic mass is 10.2. The summed E-state index contributed by atoms with van der Waals surface area (Å²) in [6, 6.07) is 3.21. The largest absolute Gasteiger partial charge is 0.748 e. The molecule has 0 saturated carbocycles. The maximum Gasteiger partial charge on any atom is 0.125 e. The van der Waals surface area contributed by atoms with Crippen LogP contribution >= 0.6 is 0 Å². The van der Waals surface area contributed by atoms with Gasteiger partial charge >= 0.3 is 0 Å². The molecular formula is C7H7FNO3S-. The fraction of sp³-hybridized carbons (Fsp3) is 0.143. The molecule has 0 atom stereocenters. The molecule has 0 aromatic heterocycles. The molecule has 1 rings (SSSR count). The van der Waals surface area contributed by atoms with E-state index in [4.69, 9.17) is 5.73 Å². The fourth-order valence-corrected chi connectivity index (χ4v) is 1.53. The van der Waals surface area contributed by atoms with E-state index in [1.165, 1.54) is 6.07 Å². The molecule has 0 radical (unpaired) electrons. The number of benzene rings is 1. The summed E-state index contributed by atoms with van der Waals surface area (Å²) >= 11 is 0. The Kier molecular flexibility index (Phi) is 2.53.